The average molecular weight is 347 g/mol. The van der Waals surface area contributed by atoms with Gasteiger partial charge in [-0.3, -0.25) is 0 Å². The molecule has 2 aromatic rings. The second kappa shape index (κ2) is 5.07. The van der Waals surface area contributed by atoms with Crippen molar-refractivity contribution in [2.24, 2.45) is 5.92 Å². The van der Waals surface area contributed by atoms with Crippen LogP contribution in [0.4, 0.5) is 13.2 Å². The first-order valence-electron chi connectivity index (χ1n) is 6.53. The molecule has 20 heavy (non-hydrogen) atoms. The van der Waals surface area contributed by atoms with Crippen molar-refractivity contribution in [3.63, 3.8) is 0 Å². The van der Waals surface area contributed by atoms with Crippen LogP contribution >= 0.6 is 15.9 Å². The zero-order valence-electron chi connectivity index (χ0n) is 10.6. The van der Waals surface area contributed by atoms with Crippen molar-refractivity contribution < 1.29 is 13.2 Å². The summed E-state index contributed by atoms with van der Waals surface area (Å²) in [6.45, 7) is 1.68. The van der Waals surface area contributed by atoms with Crippen LogP contribution in [0.1, 0.15) is 17.7 Å². The zero-order valence-corrected chi connectivity index (χ0v) is 12.2. The lowest BCUT2D eigenvalue weighted by Gasteiger charge is -2.12. The molecule has 0 bridgehead atoms. The summed E-state index contributed by atoms with van der Waals surface area (Å²) >= 11 is 3.33. The van der Waals surface area contributed by atoms with E-state index >= 15 is 0 Å². The van der Waals surface area contributed by atoms with E-state index in [1.807, 2.05) is 0 Å². The van der Waals surface area contributed by atoms with Gasteiger partial charge in [0.15, 0.2) is 0 Å². The molecule has 1 aromatic heterocycles. The largest absolute Gasteiger partial charge is 0.431 e. The van der Waals surface area contributed by atoms with E-state index in [2.05, 4.69) is 26.2 Å². The van der Waals surface area contributed by atoms with Gasteiger partial charge < -0.3 is 10.3 Å². The molecule has 0 radical (unpaired) electrons. The molecule has 0 amide bonds. The summed E-state index contributed by atoms with van der Waals surface area (Å²) < 4.78 is 40.4. The van der Waals surface area contributed by atoms with Gasteiger partial charge in [0.05, 0.1) is 0 Å². The third-order valence-corrected chi connectivity index (χ3v) is 4.30. The second-order valence-electron chi connectivity index (χ2n) is 5.23. The van der Waals surface area contributed by atoms with Crippen LogP contribution in [0, 0.1) is 5.92 Å². The number of hydrogen-bond donors (Lipinski definition) is 2. The maximum absolute atomic E-state index is 13.2. The number of halogens is 4. The summed E-state index contributed by atoms with van der Waals surface area (Å²) in [7, 11) is 0. The van der Waals surface area contributed by atoms with Crippen LogP contribution in [0.5, 0.6) is 0 Å². The molecular formula is C14H14BrF3N2. The minimum absolute atomic E-state index is 0.272. The Labute approximate surface area is 122 Å². The molecule has 1 aliphatic heterocycles. The van der Waals surface area contributed by atoms with Gasteiger partial charge in [0.2, 0.25) is 0 Å². The molecule has 6 heteroatoms. The normalized spacial score (nSPS) is 19.9. The maximum atomic E-state index is 13.2. The summed E-state index contributed by atoms with van der Waals surface area (Å²) in [5, 5.41) is 3.87. The molecule has 1 saturated heterocycles. The zero-order chi connectivity index (χ0) is 14.3. The van der Waals surface area contributed by atoms with Crippen molar-refractivity contribution in [3.8, 4) is 0 Å². The number of nitrogens with one attached hydrogen (secondary N) is 2. The second-order valence-corrected chi connectivity index (χ2v) is 6.14. The summed E-state index contributed by atoms with van der Waals surface area (Å²) in [5.41, 5.74) is 0.335. The quantitative estimate of drug-likeness (QED) is 0.841. The Morgan fingerprint density at radius 1 is 1.30 bits per heavy atom. The maximum Gasteiger partial charge on any atom is 0.431 e. The molecule has 0 aliphatic carbocycles. The average Bonchev–Trinajstić information content (AvgIpc) is 2.97. The number of aromatic nitrogens is 1. The van der Waals surface area contributed by atoms with E-state index in [4.69, 9.17) is 0 Å². The summed E-state index contributed by atoms with van der Waals surface area (Å²) in [4.78, 5) is 2.54. The van der Waals surface area contributed by atoms with E-state index in [-0.39, 0.29) is 5.92 Å². The molecule has 1 aromatic carbocycles. The number of H-pyrrole nitrogens is 1. The predicted octanol–water partition coefficient (Wildman–Crippen LogP) is 4.10. The van der Waals surface area contributed by atoms with E-state index in [1.54, 1.807) is 18.2 Å². The Morgan fingerprint density at radius 2 is 2.10 bits per heavy atom. The highest BCUT2D eigenvalue weighted by Gasteiger charge is 2.37. The van der Waals surface area contributed by atoms with E-state index < -0.39 is 11.9 Å². The summed E-state index contributed by atoms with van der Waals surface area (Å²) in [5.74, 6) is 0.272. The van der Waals surface area contributed by atoms with Crippen LogP contribution in [-0.2, 0) is 12.6 Å². The van der Waals surface area contributed by atoms with Crippen molar-refractivity contribution in [2.45, 2.75) is 19.0 Å². The van der Waals surface area contributed by atoms with Crippen LogP contribution in [-0.4, -0.2) is 18.1 Å². The van der Waals surface area contributed by atoms with Gasteiger partial charge in [0.25, 0.3) is 0 Å². The van der Waals surface area contributed by atoms with Crippen LogP contribution in [0.3, 0.4) is 0 Å². The van der Waals surface area contributed by atoms with Gasteiger partial charge in [-0.1, -0.05) is 15.9 Å². The third-order valence-electron chi connectivity index (χ3n) is 3.81. The molecule has 108 valence electrons. The molecule has 0 spiro atoms. The number of benzene rings is 1. The fourth-order valence-corrected chi connectivity index (χ4v) is 3.21. The topological polar surface area (TPSA) is 27.8 Å². The molecular weight excluding hydrogens is 333 g/mol. The molecule has 1 aliphatic rings. The standard InChI is InChI=1S/C14H14BrF3N2/c15-9-1-2-12-10(6-9)11(5-8-3-4-19-7-8)13(20-12)14(16,17)18/h1-2,6,8,19-20H,3-5,7H2. The van der Waals surface area contributed by atoms with Gasteiger partial charge in [-0.2, -0.15) is 13.2 Å². The van der Waals surface area contributed by atoms with Crippen molar-refractivity contribution in [2.75, 3.05) is 13.1 Å². The first kappa shape index (κ1) is 13.9. The van der Waals surface area contributed by atoms with Gasteiger partial charge in [0, 0.05) is 15.4 Å². The monoisotopic (exact) mass is 346 g/mol. The SMILES string of the molecule is FC(F)(F)c1[nH]c2ccc(Br)cc2c1CC1CCNC1. The van der Waals surface area contributed by atoms with Gasteiger partial charge in [-0.25, -0.2) is 0 Å². The van der Waals surface area contributed by atoms with Crippen LogP contribution in [0.2, 0.25) is 0 Å². The van der Waals surface area contributed by atoms with Gasteiger partial charge in [-0.15, -0.1) is 0 Å². The minimum Gasteiger partial charge on any atom is -0.351 e. The molecule has 1 atom stereocenters. The fourth-order valence-electron chi connectivity index (χ4n) is 2.85. The molecule has 1 fully saturated rings. The fraction of sp³-hybridized carbons (Fsp3) is 0.429. The molecule has 0 saturated carbocycles. The molecule has 1 unspecified atom stereocenters. The lowest BCUT2D eigenvalue weighted by atomic mass is 9.96. The van der Waals surface area contributed by atoms with Crippen molar-refractivity contribution >= 4 is 26.8 Å². The molecule has 3 rings (SSSR count). The molecule has 2 heterocycles. The van der Waals surface area contributed by atoms with Crippen LogP contribution < -0.4 is 5.32 Å². The van der Waals surface area contributed by atoms with Crippen LogP contribution in [0.15, 0.2) is 22.7 Å². The Hall–Kier alpha value is -1.01. The Balaban J connectivity index is 2.11. The first-order valence-corrected chi connectivity index (χ1v) is 7.32. The van der Waals surface area contributed by atoms with Gasteiger partial charge in [-0.05, 0) is 55.6 Å². The lowest BCUT2D eigenvalue weighted by Crippen LogP contribution is -2.14. The summed E-state index contributed by atoms with van der Waals surface area (Å²) in [6.07, 6.45) is -2.96. The summed E-state index contributed by atoms with van der Waals surface area (Å²) in [6, 6.07) is 5.20. The highest BCUT2D eigenvalue weighted by atomic mass is 79.9. The Kier molecular flexibility index (Phi) is 3.54. The van der Waals surface area contributed by atoms with Gasteiger partial charge in [0.1, 0.15) is 5.69 Å². The van der Waals surface area contributed by atoms with Crippen molar-refractivity contribution in [1.82, 2.24) is 10.3 Å². The number of fused-ring (bicyclic) bond motifs is 1. The minimum atomic E-state index is -4.34. The molecule has 2 nitrogen and oxygen atoms in total. The Bertz CT molecular complexity index is 627. The third kappa shape index (κ3) is 2.59. The predicted molar refractivity (Wildman–Crippen MR) is 75.7 cm³/mol. The highest BCUT2D eigenvalue weighted by molar-refractivity contribution is 9.10. The number of hydrogen-bond acceptors (Lipinski definition) is 1. The number of alkyl halides is 3. The van der Waals surface area contributed by atoms with Gasteiger partial charge >= 0.3 is 6.18 Å². The highest BCUT2D eigenvalue weighted by Crippen LogP contribution is 2.38. The number of aromatic amines is 1. The van der Waals surface area contributed by atoms with Crippen molar-refractivity contribution in [3.05, 3.63) is 33.9 Å². The lowest BCUT2D eigenvalue weighted by molar-refractivity contribution is -0.141. The van der Waals surface area contributed by atoms with Crippen molar-refractivity contribution in [1.29, 1.82) is 0 Å². The Morgan fingerprint density at radius 3 is 2.75 bits per heavy atom. The smallest absolute Gasteiger partial charge is 0.351 e. The van der Waals surface area contributed by atoms with E-state index in [0.29, 0.717) is 22.9 Å². The van der Waals surface area contributed by atoms with E-state index in [1.165, 1.54) is 0 Å². The number of rotatable bonds is 2. The van der Waals surface area contributed by atoms with E-state index in [9.17, 15) is 13.2 Å². The van der Waals surface area contributed by atoms with Crippen LogP contribution in [0.25, 0.3) is 10.9 Å². The first-order chi connectivity index (χ1) is 9.45. The van der Waals surface area contributed by atoms with E-state index in [0.717, 1.165) is 24.0 Å². The molecule has 2 N–H and O–H groups in total.